The molecule has 0 aliphatic carbocycles. The van der Waals surface area contributed by atoms with Gasteiger partial charge >= 0.3 is 0 Å². The van der Waals surface area contributed by atoms with E-state index in [0.717, 1.165) is 5.56 Å². The van der Waals surface area contributed by atoms with Crippen LogP contribution in [0.15, 0.2) is 23.1 Å². The summed E-state index contributed by atoms with van der Waals surface area (Å²) >= 11 is 0. The van der Waals surface area contributed by atoms with Crippen molar-refractivity contribution in [3.8, 4) is 0 Å². The van der Waals surface area contributed by atoms with Gasteiger partial charge in [0.15, 0.2) is 0 Å². The maximum atomic E-state index is 12.0. The quantitative estimate of drug-likeness (QED) is 0.899. The lowest BCUT2D eigenvalue weighted by Gasteiger charge is -2.13. The minimum Gasteiger partial charge on any atom is -0.209 e. The molecule has 0 aliphatic rings. The third-order valence-corrected chi connectivity index (χ3v) is 4.22. The Bertz CT molecular complexity index is 490. The van der Waals surface area contributed by atoms with Gasteiger partial charge in [-0.15, -0.1) is 0 Å². The maximum absolute atomic E-state index is 12.0. The number of sulfonamides is 1. The molecule has 0 aromatic heterocycles. The maximum Gasteiger partial charge on any atom is 0.240 e. The van der Waals surface area contributed by atoms with E-state index in [1.54, 1.807) is 12.1 Å². The van der Waals surface area contributed by atoms with Gasteiger partial charge in [0.2, 0.25) is 10.0 Å². The molecule has 0 saturated carbocycles. The van der Waals surface area contributed by atoms with Crippen LogP contribution >= 0.6 is 0 Å². The summed E-state index contributed by atoms with van der Waals surface area (Å²) < 4.78 is 26.5. The van der Waals surface area contributed by atoms with Crippen LogP contribution in [0.3, 0.4) is 0 Å². The van der Waals surface area contributed by atoms with E-state index in [0.29, 0.717) is 10.8 Å². The fourth-order valence-corrected chi connectivity index (χ4v) is 3.18. The van der Waals surface area contributed by atoms with Crippen molar-refractivity contribution in [3.05, 3.63) is 29.3 Å². The SMILES string of the molecule is Cc1cc(S(=O)(=O)NC(C)C)ccc1C(C)C. The van der Waals surface area contributed by atoms with Gasteiger partial charge in [0.25, 0.3) is 0 Å². The van der Waals surface area contributed by atoms with Gasteiger partial charge in [0.1, 0.15) is 0 Å². The monoisotopic (exact) mass is 255 g/mol. The molecule has 96 valence electrons. The first-order valence-corrected chi connectivity index (χ1v) is 7.35. The summed E-state index contributed by atoms with van der Waals surface area (Å²) in [5.41, 5.74) is 2.21. The molecular weight excluding hydrogens is 234 g/mol. The summed E-state index contributed by atoms with van der Waals surface area (Å²) in [6.45, 7) is 9.77. The lowest BCUT2D eigenvalue weighted by atomic mass is 9.98. The number of aryl methyl sites for hydroxylation is 1. The molecule has 0 heterocycles. The number of hydrogen-bond acceptors (Lipinski definition) is 2. The first kappa shape index (κ1) is 14.2. The topological polar surface area (TPSA) is 46.2 Å². The molecule has 1 aromatic rings. The predicted octanol–water partition coefficient (Wildman–Crippen LogP) is 2.81. The number of hydrogen-bond donors (Lipinski definition) is 1. The van der Waals surface area contributed by atoms with Gasteiger partial charge in [-0.3, -0.25) is 0 Å². The zero-order valence-electron chi connectivity index (χ0n) is 11.1. The Morgan fingerprint density at radius 1 is 1.12 bits per heavy atom. The van der Waals surface area contributed by atoms with Crippen LogP contribution in [0.5, 0.6) is 0 Å². The Labute approximate surface area is 104 Å². The molecular formula is C13H21NO2S. The van der Waals surface area contributed by atoms with Gasteiger partial charge in [-0.1, -0.05) is 19.9 Å². The lowest BCUT2D eigenvalue weighted by Crippen LogP contribution is -2.30. The van der Waals surface area contributed by atoms with Crippen molar-refractivity contribution < 1.29 is 8.42 Å². The molecule has 1 N–H and O–H groups in total. The molecule has 0 saturated heterocycles. The Balaban J connectivity index is 3.14. The van der Waals surface area contributed by atoms with Crippen LogP contribution in [0.1, 0.15) is 44.7 Å². The molecule has 0 amide bonds. The van der Waals surface area contributed by atoms with Crippen LogP contribution in [0, 0.1) is 6.92 Å². The molecule has 0 fully saturated rings. The zero-order chi connectivity index (χ0) is 13.2. The van der Waals surface area contributed by atoms with Crippen LogP contribution < -0.4 is 4.72 Å². The second kappa shape index (κ2) is 5.19. The van der Waals surface area contributed by atoms with Crippen molar-refractivity contribution in [1.29, 1.82) is 0 Å². The van der Waals surface area contributed by atoms with Crippen LogP contribution in [-0.2, 0) is 10.0 Å². The summed E-state index contributed by atoms with van der Waals surface area (Å²) in [5, 5.41) is 0. The lowest BCUT2D eigenvalue weighted by molar-refractivity contribution is 0.569. The Morgan fingerprint density at radius 2 is 1.71 bits per heavy atom. The highest BCUT2D eigenvalue weighted by Gasteiger charge is 2.16. The van der Waals surface area contributed by atoms with Crippen molar-refractivity contribution in [2.45, 2.75) is 51.5 Å². The molecule has 0 atom stereocenters. The van der Waals surface area contributed by atoms with Crippen molar-refractivity contribution >= 4 is 10.0 Å². The third-order valence-electron chi connectivity index (χ3n) is 2.56. The van der Waals surface area contributed by atoms with Gasteiger partial charge in [0.05, 0.1) is 4.90 Å². The largest absolute Gasteiger partial charge is 0.240 e. The Kier molecular flexibility index (Phi) is 4.33. The average Bonchev–Trinajstić information content (AvgIpc) is 2.14. The van der Waals surface area contributed by atoms with Crippen LogP contribution in [0.2, 0.25) is 0 Å². The molecule has 1 rings (SSSR count). The van der Waals surface area contributed by atoms with E-state index in [9.17, 15) is 8.42 Å². The first-order valence-electron chi connectivity index (χ1n) is 5.87. The summed E-state index contributed by atoms with van der Waals surface area (Å²) in [4.78, 5) is 0.341. The van der Waals surface area contributed by atoms with Gasteiger partial charge in [-0.05, 0) is 49.9 Å². The molecule has 3 nitrogen and oxygen atoms in total. The second-order valence-electron chi connectivity index (χ2n) is 4.95. The van der Waals surface area contributed by atoms with E-state index in [1.807, 2.05) is 26.8 Å². The van der Waals surface area contributed by atoms with Gasteiger partial charge in [-0.2, -0.15) is 0 Å². The number of nitrogens with one attached hydrogen (secondary N) is 1. The summed E-state index contributed by atoms with van der Waals surface area (Å²) in [6, 6.07) is 5.22. The fraction of sp³-hybridized carbons (Fsp3) is 0.538. The van der Waals surface area contributed by atoms with E-state index in [1.165, 1.54) is 5.56 Å². The van der Waals surface area contributed by atoms with Gasteiger partial charge in [-0.25, -0.2) is 13.1 Å². The minimum atomic E-state index is -3.37. The van der Waals surface area contributed by atoms with Crippen molar-refractivity contribution in [2.75, 3.05) is 0 Å². The molecule has 1 aromatic carbocycles. The molecule has 0 spiro atoms. The Morgan fingerprint density at radius 3 is 2.12 bits per heavy atom. The van der Waals surface area contributed by atoms with E-state index in [-0.39, 0.29) is 6.04 Å². The van der Waals surface area contributed by atoms with Crippen LogP contribution in [0.25, 0.3) is 0 Å². The standard InChI is InChI=1S/C13H21NO2S/c1-9(2)13-7-6-12(8-11(13)5)17(15,16)14-10(3)4/h6-10,14H,1-5H3. The van der Waals surface area contributed by atoms with Crippen molar-refractivity contribution in [2.24, 2.45) is 0 Å². The normalized spacial score (nSPS) is 12.4. The van der Waals surface area contributed by atoms with Gasteiger partial charge in [0, 0.05) is 6.04 Å². The molecule has 17 heavy (non-hydrogen) atoms. The third kappa shape index (κ3) is 3.54. The van der Waals surface area contributed by atoms with E-state index >= 15 is 0 Å². The molecule has 0 aliphatic heterocycles. The van der Waals surface area contributed by atoms with Crippen molar-refractivity contribution in [1.82, 2.24) is 4.72 Å². The minimum absolute atomic E-state index is 0.0925. The highest BCUT2D eigenvalue weighted by molar-refractivity contribution is 7.89. The van der Waals surface area contributed by atoms with E-state index in [2.05, 4.69) is 18.6 Å². The van der Waals surface area contributed by atoms with E-state index in [4.69, 9.17) is 0 Å². The zero-order valence-corrected chi connectivity index (χ0v) is 11.9. The fourth-order valence-electron chi connectivity index (χ4n) is 1.84. The predicted molar refractivity (Wildman–Crippen MR) is 70.7 cm³/mol. The second-order valence-corrected chi connectivity index (χ2v) is 6.66. The molecule has 0 radical (unpaired) electrons. The number of benzene rings is 1. The molecule has 4 heteroatoms. The summed E-state index contributed by atoms with van der Waals surface area (Å²) in [7, 11) is -3.37. The van der Waals surface area contributed by atoms with Gasteiger partial charge < -0.3 is 0 Å². The Hall–Kier alpha value is -0.870. The smallest absolute Gasteiger partial charge is 0.209 e. The molecule has 0 bridgehead atoms. The van der Waals surface area contributed by atoms with Crippen molar-refractivity contribution in [3.63, 3.8) is 0 Å². The van der Waals surface area contributed by atoms with Crippen LogP contribution in [-0.4, -0.2) is 14.5 Å². The molecule has 0 unspecified atom stereocenters. The highest BCUT2D eigenvalue weighted by atomic mass is 32.2. The number of rotatable bonds is 4. The summed E-state index contributed by atoms with van der Waals surface area (Å²) in [6.07, 6.45) is 0. The van der Waals surface area contributed by atoms with Crippen LogP contribution in [0.4, 0.5) is 0 Å². The highest BCUT2D eigenvalue weighted by Crippen LogP contribution is 2.22. The van der Waals surface area contributed by atoms with E-state index < -0.39 is 10.0 Å². The average molecular weight is 255 g/mol. The summed E-state index contributed by atoms with van der Waals surface area (Å²) in [5.74, 6) is 0.407. The first-order chi connectivity index (χ1) is 7.74.